The number of halogens is 1. The van der Waals surface area contributed by atoms with Crippen molar-refractivity contribution in [2.24, 2.45) is 20.0 Å². The molecule has 0 bridgehead atoms. The van der Waals surface area contributed by atoms with Gasteiger partial charge in [-0.2, -0.15) is 0 Å². The molecule has 1 aliphatic heterocycles. The molecule has 8 nitrogen and oxygen atoms in total. The Hall–Kier alpha value is -3.56. The number of aromatic nitrogens is 6. The number of pyridine rings is 1. The second-order valence-electron chi connectivity index (χ2n) is 10.9. The van der Waals surface area contributed by atoms with E-state index in [-0.39, 0.29) is 17.8 Å². The fraction of sp³-hybridized carbons (Fsp3) is 0.414. The number of rotatable bonds is 5. The van der Waals surface area contributed by atoms with Gasteiger partial charge in [-0.25, -0.2) is 9.07 Å². The average Bonchev–Trinajstić information content (AvgIpc) is 3.51. The van der Waals surface area contributed by atoms with Crippen LogP contribution in [0.4, 0.5) is 4.39 Å². The maximum atomic E-state index is 15.5. The number of aryl methyl sites for hydroxylation is 3. The second kappa shape index (κ2) is 9.03. The summed E-state index contributed by atoms with van der Waals surface area (Å²) in [6.07, 6.45) is 3.49. The molecule has 1 aromatic carbocycles. The van der Waals surface area contributed by atoms with E-state index in [1.165, 1.54) is 6.07 Å². The van der Waals surface area contributed by atoms with Gasteiger partial charge in [0.15, 0.2) is 0 Å². The summed E-state index contributed by atoms with van der Waals surface area (Å²) in [5.74, 6) is -0.0672. The van der Waals surface area contributed by atoms with Gasteiger partial charge in [-0.1, -0.05) is 23.4 Å². The highest BCUT2D eigenvalue weighted by Gasteiger charge is 2.34. The van der Waals surface area contributed by atoms with Crippen LogP contribution in [0.25, 0.3) is 33.3 Å². The Morgan fingerprint density at radius 3 is 2.50 bits per heavy atom. The first-order valence-corrected chi connectivity index (χ1v) is 13.1. The first-order chi connectivity index (χ1) is 18.2. The number of hydrogen-bond donors (Lipinski definition) is 1. The molecule has 6 rings (SSSR count). The van der Waals surface area contributed by atoms with Gasteiger partial charge in [-0.05, 0) is 57.7 Å². The number of fused-ring (bicyclic) bond motifs is 3. The lowest BCUT2D eigenvalue weighted by molar-refractivity contribution is 0.0548. The molecule has 0 radical (unpaired) electrons. The van der Waals surface area contributed by atoms with Gasteiger partial charge in [0.05, 0.1) is 45.3 Å². The van der Waals surface area contributed by atoms with Crippen molar-refractivity contribution in [3.05, 3.63) is 65.4 Å². The summed E-state index contributed by atoms with van der Waals surface area (Å²) in [4.78, 5) is 4.96. The second-order valence-corrected chi connectivity index (χ2v) is 10.9. The lowest BCUT2D eigenvalue weighted by Crippen LogP contribution is -2.27. The molecule has 4 aromatic heterocycles. The van der Waals surface area contributed by atoms with Crippen LogP contribution in [-0.2, 0) is 24.4 Å². The molecule has 198 valence electrons. The zero-order valence-electron chi connectivity index (χ0n) is 22.4. The van der Waals surface area contributed by atoms with Gasteiger partial charge in [0.2, 0.25) is 0 Å². The van der Waals surface area contributed by atoms with Crippen LogP contribution in [0.15, 0.2) is 42.6 Å². The van der Waals surface area contributed by atoms with Gasteiger partial charge < -0.3 is 19.0 Å². The summed E-state index contributed by atoms with van der Waals surface area (Å²) in [6, 6.07) is 10.9. The van der Waals surface area contributed by atoms with E-state index in [4.69, 9.17) is 9.72 Å². The van der Waals surface area contributed by atoms with E-state index in [1.807, 2.05) is 50.0 Å². The third-order valence-electron chi connectivity index (χ3n) is 7.93. The smallest absolute Gasteiger partial charge is 0.128 e. The molecule has 1 N–H and O–H groups in total. The third kappa shape index (κ3) is 3.84. The summed E-state index contributed by atoms with van der Waals surface area (Å²) in [6.45, 7) is 6.78. The highest BCUT2D eigenvalue weighted by atomic mass is 19.1. The van der Waals surface area contributed by atoms with Crippen LogP contribution >= 0.6 is 0 Å². The fourth-order valence-electron chi connectivity index (χ4n) is 6.22. The van der Waals surface area contributed by atoms with E-state index in [1.54, 1.807) is 24.6 Å². The Labute approximate surface area is 220 Å². The number of aliphatic hydroxyl groups is 1. The van der Waals surface area contributed by atoms with Crippen LogP contribution in [0.5, 0.6) is 0 Å². The first kappa shape index (κ1) is 24.8. The van der Waals surface area contributed by atoms with Crippen LogP contribution in [0.2, 0.25) is 0 Å². The maximum absolute atomic E-state index is 15.5. The van der Waals surface area contributed by atoms with Crippen molar-refractivity contribution >= 4 is 22.1 Å². The van der Waals surface area contributed by atoms with Crippen molar-refractivity contribution in [3.63, 3.8) is 0 Å². The quantitative estimate of drug-likeness (QED) is 0.355. The van der Waals surface area contributed by atoms with Crippen LogP contribution in [-0.4, -0.2) is 47.4 Å². The van der Waals surface area contributed by atoms with Gasteiger partial charge in [-0.15, -0.1) is 5.10 Å². The monoisotopic (exact) mass is 516 g/mol. The summed E-state index contributed by atoms with van der Waals surface area (Å²) in [7, 11) is 3.83. The van der Waals surface area contributed by atoms with Gasteiger partial charge in [0, 0.05) is 44.6 Å². The van der Waals surface area contributed by atoms with Crippen molar-refractivity contribution < 1.29 is 14.2 Å². The Morgan fingerprint density at radius 2 is 1.84 bits per heavy atom. The fourth-order valence-corrected chi connectivity index (χ4v) is 6.22. The van der Waals surface area contributed by atoms with Crippen molar-refractivity contribution in [2.75, 3.05) is 13.2 Å². The average molecular weight is 517 g/mol. The molecule has 0 saturated carbocycles. The number of benzene rings is 1. The predicted octanol–water partition coefficient (Wildman–Crippen LogP) is 5.01. The highest BCUT2D eigenvalue weighted by Crippen LogP contribution is 2.43. The summed E-state index contributed by atoms with van der Waals surface area (Å²) < 4.78 is 27.3. The molecular weight excluding hydrogens is 483 g/mol. The van der Waals surface area contributed by atoms with E-state index in [0.29, 0.717) is 18.8 Å². The Kier molecular flexibility index (Phi) is 5.88. The van der Waals surface area contributed by atoms with Gasteiger partial charge in [-0.3, -0.25) is 4.98 Å². The zero-order chi connectivity index (χ0) is 26.8. The third-order valence-corrected chi connectivity index (χ3v) is 7.93. The lowest BCUT2D eigenvalue weighted by atomic mass is 9.86. The highest BCUT2D eigenvalue weighted by molar-refractivity contribution is 6.05. The van der Waals surface area contributed by atoms with Crippen LogP contribution in [0, 0.1) is 18.7 Å². The molecule has 5 heterocycles. The van der Waals surface area contributed by atoms with E-state index in [2.05, 4.69) is 20.9 Å². The largest absolute Gasteiger partial charge is 0.384 e. The van der Waals surface area contributed by atoms with Gasteiger partial charge >= 0.3 is 0 Å². The van der Waals surface area contributed by atoms with Crippen LogP contribution in [0.1, 0.15) is 49.7 Å². The van der Waals surface area contributed by atoms with E-state index < -0.39 is 5.60 Å². The van der Waals surface area contributed by atoms with Crippen molar-refractivity contribution in [1.29, 1.82) is 0 Å². The molecule has 1 fully saturated rings. The number of nitrogens with zero attached hydrogens (tertiary/aromatic N) is 6. The molecule has 1 saturated heterocycles. The molecule has 1 atom stereocenters. The predicted molar refractivity (Wildman–Crippen MR) is 144 cm³/mol. The minimum atomic E-state index is -1.06. The van der Waals surface area contributed by atoms with E-state index >= 15 is 4.39 Å². The Morgan fingerprint density at radius 1 is 1.11 bits per heavy atom. The molecule has 1 unspecified atom stereocenters. The van der Waals surface area contributed by atoms with Crippen molar-refractivity contribution in [1.82, 2.24) is 29.1 Å². The standard InChI is InChI=1S/C29H33FN6O2/c1-17-26(35(5)33-32-17)19-14-22-25(31-16-19)28-23(15-24(34(28)4)29(2,3)37)36(22)27(18-10-12-38-13-11-18)20-8-6-7-9-21(20)30/h6-9,14-16,18,27,37H,10-13H2,1-5H3. The molecular formula is C29H33FN6O2. The SMILES string of the molecule is Cc1nnn(C)c1-c1cnc2c3c(cc(C(C)(C)O)n3C)n(C(c3ccccc3F)C3CCOCC3)c2c1. The lowest BCUT2D eigenvalue weighted by Gasteiger charge is -2.33. The molecule has 1 aliphatic rings. The van der Waals surface area contributed by atoms with Crippen LogP contribution < -0.4 is 0 Å². The van der Waals surface area contributed by atoms with Gasteiger partial charge in [0.25, 0.3) is 0 Å². The Balaban J connectivity index is 1.72. The Bertz CT molecular complexity index is 1630. The molecule has 38 heavy (non-hydrogen) atoms. The van der Waals surface area contributed by atoms with Crippen molar-refractivity contribution in [3.8, 4) is 11.3 Å². The zero-order valence-corrected chi connectivity index (χ0v) is 22.4. The van der Waals surface area contributed by atoms with Gasteiger partial charge in [0.1, 0.15) is 11.3 Å². The molecule has 5 aromatic rings. The summed E-state index contributed by atoms with van der Waals surface area (Å²) in [5, 5.41) is 19.4. The summed E-state index contributed by atoms with van der Waals surface area (Å²) >= 11 is 0. The number of ether oxygens (including phenoxy) is 1. The summed E-state index contributed by atoms with van der Waals surface area (Å²) in [5.41, 5.74) is 6.51. The van der Waals surface area contributed by atoms with E-state index in [9.17, 15) is 5.11 Å². The van der Waals surface area contributed by atoms with Crippen LogP contribution in [0.3, 0.4) is 0 Å². The first-order valence-electron chi connectivity index (χ1n) is 13.1. The molecule has 0 aliphatic carbocycles. The normalized spacial score (nSPS) is 16.1. The number of hydrogen-bond acceptors (Lipinski definition) is 5. The van der Waals surface area contributed by atoms with E-state index in [0.717, 1.165) is 57.6 Å². The van der Waals surface area contributed by atoms with Crippen molar-refractivity contribution in [2.45, 2.75) is 45.3 Å². The minimum Gasteiger partial charge on any atom is -0.384 e. The minimum absolute atomic E-state index is 0.161. The topological polar surface area (TPSA) is 82.9 Å². The molecule has 9 heteroatoms. The molecule has 0 spiro atoms. The maximum Gasteiger partial charge on any atom is 0.128 e. The molecule has 0 amide bonds.